The zero-order valence-electron chi connectivity index (χ0n) is 6.19. The number of hydrogen-bond acceptors (Lipinski definition) is 3. The molecule has 0 saturated heterocycles. The fourth-order valence-electron chi connectivity index (χ4n) is 0.683. The summed E-state index contributed by atoms with van der Waals surface area (Å²) < 4.78 is 9.02. The van der Waals surface area contributed by atoms with Crippen molar-refractivity contribution in [1.82, 2.24) is 0 Å². The molecule has 5 heteroatoms. The van der Waals surface area contributed by atoms with Gasteiger partial charge in [0.25, 0.3) is 0 Å². The summed E-state index contributed by atoms with van der Waals surface area (Å²) >= 11 is 0. The van der Waals surface area contributed by atoms with Crippen LogP contribution in [0.3, 0.4) is 0 Å². The van der Waals surface area contributed by atoms with E-state index in [0.717, 1.165) is 0 Å². The topological polar surface area (TPSA) is 41.8 Å². The number of phenols is 1. The molecule has 1 aromatic rings. The van der Waals surface area contributed by atoms with Gasteiger partial charge >= 0.3 is 9.56 Å². The molecule has 0 amide bonds. The second-order valence-corrected chi connectivity index (χ2v) is 4.31. The standard InChI is InChI=1S/C6H9NO2Si2/c8-6-4-2-1-3-5(6)7-11-9-10/h1-4,8,11H,10H3. The highest BCUT2D eigenvalue weighted by atomic mass is 28.3. The molecule has 1 rings (SSSR count). The van der Waals surface area contributed by atoms with Crippen molar-refractivity contribution in [3.63, 3.8) is 0 Å². The second kappa shape index (κ2) is 4.04. The molecule has 0 bridgehead atoms. The minimum absolute atomic E-state index is 0.221. The molecule has 0 radical (unpaired) electrons. The molecule has 0 aliphatic heterocycles. The van der Waals surface area contributed by atoms with E-state index in [9.17, 15) is 5.11 Å². The summed E-state index contributed by atoms with van der Waals surface area (Å²) in [6.45, 7) is 0. The lowest BCUT2D eigenvalue weighted by molar-refractivity contribution is 0.477. The van der Waals surface area contributed by atoms with Gasteiger partial charge in [0.05, 0.1) is 5.69 Å². The third-order valence-corrected chi connectivity index (χ3v) is 2.41. The number of phenolic OH excluding ortho intramolecular Hbond substituents is 1. The Balaban J connectivity index is 2.86. The first-order chi connectivity index (χ1) is 5.34. The number of benzene rings is 1. The SMILES string of the molecule is Oc1ccccc1N=[SiH]O[SiH3]. The minimum atomic E-state index is -0.328. The molecule has 0 heterocycles. The lowest BCUT2D eigenvalue weighted by atomic mass is 10.3. The smallest absolute Gasteiger partial charge is 0.323 e. The van der Waals surface area contributed by atoms with E-state index in [-0.39, 0.29) is 15.3 Å². The highest BCUT2D eigenvalue weighted by Crippen LogP contribution is 2.23. The normalized spacial score (nSPS) is 10.5. The molecule has 1 aromatic carbocycles. The van der Waals surface area contributed by atoms with Crippen LogP contribution in [-0.2, 0) is 4.12 Å². The van der Waals surface area contributed by atoms with Crippen LogP contribution in [0.1, 0.15) is 0 Å². The maximum absolute atomic E-state index is 9.21. The van der Waals surface area contributed by atoms with Crippen molar-refractivity contribution in [2.45, 2.75) is 0 Å². The quantitative estimate of drug-likeness (QED) is 0.648. The molecule has 0 fully saturated rings. The monoisotopic (exact) mass is 183 g/mol. The lowest BCUT2D eigenvalue weighted by Crippen LogP contribution is -1.79. The Kier molecular flexibility index (Phi) is 3.00. The maximum Gasteiger partial charge on any atom is 0.323 e. The van der Waals surface area contributed by atoms with Crippen LogP contribution in [0, 0.1) is 0 Å². The molecule has 0 saturated carbocycles. The van der Waals surface area contributed by atoms with E-state index >= 15 is 0 Å². The van der Waals surface area contributed by atoms with Gasteiger partial charge in [0.2, 0.25) is 0 Å². The van der Waals surface area contributed by atoms with Gasteiger partial charge < -0.3 is 9.22 Å². The summed E-state index contributed by atoms with van der Waals surface area (Å²) in [4.78, 5) is 0. The first-order valence-electron chi connectivity index (χ1n) is 3.18. The van der Waals surface area contributed by atoms with Crippen LogP contribution in [0.15, 0.2) is 28.9 Å². The molecule has 0 unspecified atom stereocenters. The Bertz CT molecular complexity index is 265. The molecule has 0 aliphatic rings. The number of nitrogens with zero attached hydrogens (tertiary/aromatic N) is 1. The largest absolute Gasteiger partial charge is 0.601 e. The Morgan fingerprint density at radius 3 is 2.82 bits per heavy atom. The Morgan fingerprint density at radius 1 is 1.45 bits per heavy atom. The zero-order chi connectivity index (χ0) is 8.10. The summed E-state index contributed by atoms with van der Waals surface area (Å²) in [5.41, 5.74) is 0.623. The van der Waals surface area contributed by atoms with Crippen molar-refractivity contribution < 1.29 is 9.22 Å². The van der Waals surface area contributed by atoms with Crippen LogP contribution >= 0.6 is 0 Å². The first-order valence-corrected chi connectivity index (χ1v) is 4.98. The fraction of sp³-hybridized carbons (Fsp3) is 0. The first kappa shape index (κ1) is 8.15. The van der Waals surface area contributed by atoms with Crippen molar-refractivity contribution >= 4 is 25.7 Å². The van der Waals surface area contributed by atoms with Gasteiger partial charge in [0, 0.05) is 0 Å². The Hall–Kier alpha value is -0.946. The van der Waals surface area contributed by atoms with Crippen molar-refractivity contribution in [2.24, 2.45) is 4.63 Å². The summed E-state index contributed by atoms with van der Waals surface area (Å²) in [6.07, 6.45) is 0. The number of rotatable bonds is 2. The third-order valence-electron chi connectivity index (χ3n) is 1.18. The third kappa shape index (κ3) is 2.28. The van der Waals surface area contributed by atoms with Gasteiger partial charge in [0.15, 0.2) is 10.5 Å². The predicted molar refractivity (Wildman–Crippen MR) is 48.4 cm³/mol. The molecule has 0 aromatic heterocycles. The average Bonchev–Trinajstić information content (AvgIpc) is 2.03. The summed E-state index contributed by atoms with van der Waals surface area (Å²) in [7, 11) is 0.381. The van der Waals surface area contributed by atoms with Crippen LogP contribution in [0.25, 0.3) is 0 Å². The second-order valence-electron chi connectivity index (χ2n) is 1.96. The van der Waals surface area contributed by atoms with Gasteiger partial charge in [-0.25, -0.2) is 0 Å². The molecule has 1 N–H and O–H groups in total. The van der Waals surface area contributed by atoms with Crippen LogP contribution in [0.5, 0.6) is 5.75 Å². The zero-order valence-corrected chi connectivity index (χ0v) is 9.34. The van der Waals surface area contributed by atoms with Crippen molar-refractivity contribution in [1.29, 1.82) is 0 Å². The molecular weight excluding hydrogens is 174 g/mol. The summed E-state index contributed by atoms with van der Waals surface area (Å²) in [5.74, 6) is 0.221. The number of para-hydroxylation sites is 2. The van der Waals surface area contributed by atoms with E-state index in [4.69, 9.17) is 4.12 Å². The van der Waals surface area contributed by atoms with Crippen molar-refractivity contribution in [3.8, 4) is 5.75 Å². The molecule has 11 heavy (non-hydrogen) atoms. The molecule has 0 spiro atoms. The predicted octanol–water partition coefficient (Wildman–Crippen LogP) is -0.144. The molecule has 0 aliphatic carbocycles. The Labute approximate surface area is 70.2 Å². The Morgan fingerprint density at radius 2 is 2.18 bits per heavy atom. The van der Waals surface area contributed by atoms with E-state index in [1.54, 1.807) is 18.2 Å². The lowest BCUT2D eigenvalue weighted by Gasteiger charge is -1.95. The van der Waals surface area contributed by atoms with Gasteiger partial charge in [-0.1, -0.05) is 12.1 Å². The van der Waals surface area contributed by atoms with Gasteiger partial charge in [-0.05, 0) is 12.1 Å². The molecule has 0 atom stereocenters. The van der Waals surface area contributed by atoms with E-state index in [1.807, 2.05) is 6.07 Å². The highest BCUT2D eigenvalue weighted by molar-refractivity contribution is 6.24. The molecule has 58 valence electrons. The minimum Gasteiger partial charge on any atom is -0.601 e. The molecule has 3 nitrogen and oxygen atoms in total. The number of hydrogen-bond donors (Lipinski definition) is 1. The van der Waals surface area contributed by atoms with Gasteiger partial charge in [-0.15, -0.1) is 0 Å². The maximum atomic E-state index is 9.21. The van der Waals surface area contributed by atoms with Crippen LogP contribution in [0.4, 0.5) is 5.69 Å². The van der Waals surface area contributed by atoms with Crippen LogP contribution in [0.2, 0.25) is 0 Å². The van der Waals surface area contributed by atoms with Crippen molar-refractivity contribution in [3.05, 3.63) is 24.3 Å². The van der Waals surface area contributed by atoms with Crippen LogP contribution in [-0.4, -0.2) is 25.1 Å². The van der Waals surface area contributed by atoms with E-state index < -0.39 is 0 Å². The van der Waals surface area contributed by atoms with E-state index in [2.05, 4.69) is 4.63 Å². The summed E-state index contributed by atoms with van der Waals surface area (Å²) in [6, 6.07) is 6.99. The van der Waals surface area contributed by atoms with Gasteiger partial charge in [0.1, 0.15) is 5.75 Å². The van der Waals surface area contributed by atoms with Gasteiger partial charge in [-0.3, -0.25) is 4.63 Å². The van der Waals surface area contributed by atoms with E-state index in [0.29, 0.717) is 16.2 Å². The van der Waals surface area contributed by atoms with Crippen LogP contribution < -0.4 is 0 Å². The van der Waals surface area contributed by atoms with Gasteiger partial charge in [-0.2, -0.15) is 0 Å². The number of aromatic hydroxyl groups is 1. The average molecular weight is 183 g/mol. The summed E-state index contributed by atoms with van der Waals surface area (Å²) in [5, 5.41) is 9.21. The van der Waals surface area contributed by atoms with E-state index in [1.165, 1.54) is 0 Å². The fourth-order valence-corrected chi connectivity index (χ4v) is 1.44. The molecular formula is C6H9NO2Si2. The highest BCUT2D eigenvalue weighted by Gasteiger charge is 1.93. The van der Waals surface area contributed by atoms with Crippen molar-refractivity contribution in [2.75, 3.05) is 0 Å².